The monoisotopic (exact) mass is 209 g/mol. The second-order valence-electron chi connectivity index (χ2n) is 3.78. The van der Waals surface area contributed by atoms with Crippen molar-refractivity contribution in [1.82, 2.24) is 0 Å². The van der Waals surface area contributed by atoms with Crippen LogP contribution in [-0.2, 0) is 0 Å². The molecule has 0 aliphatic carbocycles. The van der Waals surface area contributed by atoms with Gasteiger partial charge in [-0.3, -0.25) is 0 Å². The highest BCUT2D eigenvalue weighted by atomic mass is 35.5. The number of aryl methyl sites for hydroxylation is 1. The molecule has 1 nitrogen and oxygen atoms in total. The number of benzene rings is 1. The van der Waals surface area contributed by atoms with Crippen molar-refractivity contribution in [2.45, 2.75) is 26.3 Å². The first-order valence-electron chi connectivity index (χ1n) is 4.66. The Morgan fingerprint density at radius 2 is 2.21 bits per heavy atom. The van der Waals surface area contributed by atoms with Gasteiger partial charge in [0.1, 0.15) is 0 Å². The van der Waals surface area contributed by atoms with E-state index in [2.05, 4.69) is 6.58 Å². The van der Waals surface area contributed by atoms with Gasteiger partial charge in [0, 0.05) is 11.1 Å². The second kappa shape index (κ2) is 4.63. The van der Waals surface area contributed by atoms with Crippen LogP contribution in [0.1, 0.15) is 30.5 Å². The zero-order valence-electron chi connectivity index (χ0n) is 8.68. The van der Waals surface area contributed by atoms with E-state index in [1.807, 2.05) is 32.0 Å². The molecule has 0 aliphatic heterocycles. The van der Waals surface area contributed by atoms with Crippen LogP contribution < -0.4 is 5.73 Å². The smallest absolute Gasteiger partial charge is 0.0435 e. The Morgan fingerprint density at radius 3 is 2.71 bits per heavy atom. The molecule has 1 aromatic rings. The summed E-state index contributed by atoms with van der Waals surface area (Å²) < 4.78 is 0. The molecule has 0 spiro atoms. The molecular weight excluding hydrogens is 194 g/mol. The third-order valence-electron chi connectivity index (χ3n) is 2.18. The van der Waals surface area contributed by atoms with Gasteiger partial charge < -0.3 is 5.73 Å². The van der Waals surface area contributed by atoms with Gasteiger partial charge in [-0.25, -0.2) is 0 Å². The average molecular weight is 210 g/mol. The molecule has 0 radical (unpaired) electrons. The topological polar surface area (TPSA) is 26.0 Å². The predicted octanol–water partition coefficient (Wildman–Crippen LogP) is 3.61. The lowest BCUT2D eigenvalue weighted by atomic mass is 10.00. The highest BCUT2D eigenvalue weighted by Crippen LogP contribution is 2.22. The summed E-state index contributed by atoms with van der Waals surface area (Å²) >= 11 is 5.93. The van der Waals surface area contributed by atoms with Crippen LogP contribution in [0.5, 0.6) is 0 Å². The molecule has 0 saturated heterocycles. The summed E-state index contributed by atoms with van der Waals surface area (Å²) in [4.78, 5) is 0. The van der Waals surface area contributed by atoms with Crippen LogP contribution >= 0.6 is 11.6 Å². The van der Waals surface area contributed by atoms with Gasteiger partial charge in [-0.15, -0.1) is 6.58 Å². The third kappa shape index (κ3) is 2.86. The molecule has 0 bridgehead atoms. The van der Waals surface area contributed by atoms with Crippen LogP contribution in [0.15, 0.2) is 30.4 Å². The molecule has 0 amide bonds. The summed E-state index contributed by atoms with van der Waals surface area (Å²) in [5.41, 5.74) is 9.30. The maximum Gasteiger partial charge on any atom is 0.0435 e. The van der Waals surface area contributed by atoms with E-state index in [0.29, 0.717) is 0 Å². The Morgan fingerprint density at radius 1 is 1.57 bits per heavy atom. The largest absolute Gasteiger partial charge is 0.324 e. The van der Waals surface area contributed by atoms with Gasteiger partial charge in [0.15, 0.2) is 0 Å². The molecule has 0 fully saturated rings. The van der Waals surface area contributed by atoms with E-state index in [1.54, 1.807) is 0 Å². The van der Waals surface area contributed by atoms with Crippen molar-refractivity contribution in [3.63, 3.8) is 0 Å². The maximum absolute atomic E-state index is 6.01. The van der Waals surface area contributed by atoms with Crippen molar-refractivity contribution in [3.8, 4) is 0 Å². The molecule has 2 N–H and O–H groups in total. The van der Waals surface area contributed by atoms with Crippen LogP contribution in [0.3, 0.4) is 0 Å². The fourth-order valence-electron chi connectivity index (χ4n) is 1.39. The Labute approximate surface area is 90.6 Å². The zero-order chi connectivity index (χ0) is 10.7. The number of nitrogens with two attached hydrogens (primary N) is 1. The SMILES string of the molecule is C=C(C)CC(N)c1ccc(Cl)c(C)c1. The molecule has 0 aromatic heterocycles. The van der Waals surface area contributed by atoms with Gasteiger partial charge in [-0.05, 0) is 37.5 Å². The Kier molecular flexibility index (Phi) is 3.73. The molecule has 0 aliphatic rings. The average Bonchev–Trinajstić information content (AvgIpc) is 2.08. The molecular formula is C12H16ClN. The van der Waals surface area contributed by atoms with Gasteiger partial charge in [0.05, 0.1) is 0 Å². The number of hydrogen-bond donors (Lipinski definition) is 1. The highest BCUT2D eigenvalue weighted by molar-refractivity contribution is 6.31. The predicted molar refractivity (Wildman–Crippen MR) is 62.5 cm³/mol. The van der Waals surface area contributed by atoms with Crippen molar-refractivity contribution in [2.75, 3.05) is 0 Å². The van der Waals surface area contributed by atoms with E-state index >= 15 is 0 Å². The van der Waals surface area contributed by atoms with Gasteiger partial charge in [-0.1, -0.05) is 29.3 Å². The third-order valence-corrected chi connectivity index (χ3v) is 2.60. The molecule has 0 heterocycles. The Bertz CT molecular complexity index is 344. The van der Waals surface area contributed by atoms with E-state index < -0.39 is 0 Å². The van der Waals surface area contributed by atoms with Crippen LogP contribution in [-0.4, -0.2) is 0 Å². The summed E-state index contributed by atoms with van der Waals surface area (Å²) in [5, 5.41) is 0.788. The lowest BCUT2D eigenvalue weighted by Crippen LogP contribution is -2.10. The van der Waals surface area contributed by atoms with Crippen molar-refractivity contribution in [3.05, 3.63) is 46.5 Å². The van der Waals surface area contributed by atoms with Gasteiger partial charge in [0.2, 0.25) is 0 Å². The fraction of sp³-hybridized carbons (Fsp3) is 0.333. The first-order valence-corrected chi connectivity index (χ1v) is 5.04. The summed E-state index contributed by atoms with van der Waals surface area (Å²) in [5.74, 6) is 0. The summed E-state index contributed by atoms with van der Waals surface area (Å²) in [7, 11) is 0. The van der Waals surface area contributed by atoms with Gasteiger partial charge in [-0.2, -0.15) is 0 Å². The molecule has 1 atom stereocenters. The second-order valence-corrected chi connectivity index (χ2v) is 4.18. The van der Waals surface area contributed by atoms with Crippen molar-refractivity contribution >= 4 is 11.6 Å². The number of hydrogen-bond acceptors (Lipinski definition) is 1. The minimum Gasteiger partial charge on any atom is -0.324 e. The van der Waals surface area contributed by atoms with Crippen LogP contribution in [0.4, 0.5) is 0 Å². The lowest BCUT2D eigenvalue weighted by Gasteiger charge is -2.12. The van der Waals surface area contributed by atoms with E-state index in [4.69, 9.17) is 17.3 Å². The van der Waals surface area contributed by atoms with Gasteiger partial charge >= 0.3 is 0 Å². The van der Waals surface area contributed by atoms with Crippen molar-refractivity contribution in [1.29, 1.82) is 0 Å². The van der Waals surface area contributed by atoms with Crippen LogP contribution in [0.2, 0.25) is 5.02 Å². The van der Waals surface area contributed by atoms with Crippen molar-refractivity contribution in [2.24, 2.45) is 5.73 Å². The minimum atomic E-state index is 0.0310. The van der Waals surface area contributed by atoms with E-state index in [0.717, 1.165) is 28.1 Å². The summed E-state index contributed by atoms with van der Waals surface area (Å²) in [6.07, 6.45) is 0.821. The first kappa shape index (κ1) is 11.3. The Balaban J connectivity index is 2.85. The van der Waals surface area contributed by atoms with Gasteiger partial charge in [0.25, 0.3) is 0 Å². The minimum absolute atomic E-state index is 0.0310. The van der Waals surface area contributed by atoms with Crippen molar-refractivity contribution < 1.29 is 0 Å². The first-order chi connectivity index (χ1) is 6.50. The summed E-state index contributed by atoms with van der Waals surface area (Å²) in [6.45, 7) is 7.83. The molecule has 0 saturated carbocycles. The molecule has 14 heavy (non-hydrogen) atoms. The highest BCUT2D eigenvalue weighted by Gasteiger charge is 2.07. The molecule has 76 valence electrons. The molecule has 1 aromatic carbocycles. The normalized spacial score (nSPS) is 12.6. The van der Waals surface area contributed by atoms with E-state index in [1.165, 1.54) is 0 Å². The van der Waals surface area contributed by atoms with Crippen LogP contribution in [0.25, 0.3) is 0 Å². The van der Waals surface area contributed by atoms with E-state index in [9.17, 15) is 0 Å². The molecule has 2 heteroatoms. The van der Waals surface area contributed by atoms with E-state index in [-0.39, 0.29) is 6.04 Å². The lowest BCUT2D eigenvalue weighted by molar-refractivity contribution is 0.716. The fourth-order valence-corrected chi connectivity index (χ4v) is 1.51. The quantitative estimate of drug-likeness (QED) is 0.757. The standard InChI is InChI=1S/C12H16ClN/c1-8(2)6-12(14)10-4-5-11(13)9(3)7-10/h4-5,7,12H,1,6,14H2,2-3H3. The molecule has 1 unspecified atom stereocenters. The zero-order valence-corrected chi connectivity index (χ0v) is 9.43. The maximum atomic E-state index is 6.01. The number of rotatable bonds is 3. The van der Waals surface area contributed by atoms with Crippen LogP contribution in [0, 0.1) is 6.92 Å². The number of halogens is 1. The molecule has 1 rings (SSSR count). The summed E-state index contributed by atoms with van der Waals surface area (Å²) in [6, 6.07) is 5.94. The Hall–Kier alpha value is -0.790.